The summed E-state index contributed by atoms with van der Waals surface area (Å²) in [6, 6.07) is 0. The Hall–Kier alpha value is -1.24. The smallest absolute Gasteiger partial charge is 0.146 e. The highest BCUT2D eigenvalue weighted by Crippen LogP contribution is 2.10. The maximum atomic E-state index is 10.2. The second-order valence-electron chi connectivity index (χ2n) is 14.0. The van der Waals surface area contributed by atoms with Crippen LogP contribution in [0.1, 0.15) is 194 Å². The minimum absolute atomic E-state index is 0.291. The van der Waals surface area contributed by atoms with Crippen LogP contribution in [0.5, 0.6) is 0 Å². The van der Waals surface area contributed by atoms with Crippen molar-refractivity contribution in [1.82, 2.24) is 0 Å². The number of ether oxygens (including phenoxy) is 4. The first-order valence-corrected chi connectivity index (χ1v) is 21.4. The van der Waals surface area contributed by atoms with Crippen LogP contribution in [0.3, 0.4) is 0 Å². The third-order valence-electron chi connectivity index (χ3n) is 8.96. The molecule has 0 rings (SSSR count). The summed E-state index contributed by atoms with van der Waals surface area (Å²) in [5.74, 6) is 0. The van der Waals surface area contributed by atoms with Crippen molar-refractivity contribution in [2.45, 2.75) is 200 Å². The molecule has 50 heavy (non-hydrogen) atoms. The third kappa shape index (κ3) is 44.8. The van der Waals surface area contributed by atoms with E-state index in [-0.39, 0.29) is 6.10 Å². The number of allylic oxidation sites excluding steroid dienone is 8. The van der Waals surface area contributed by atoms with Crippen LogP contribution in [-0.2, 0) is 18.9 Å². The summed E-state index contributed by atoms with van der Waals surface area (Å²) in [6.07, 6.45) is 51.7. The summed E-state index contributed by atoms with van der Waals surface area (Å²) in [5, 5.41) is 10.2. The van der Waals surface area contributed by atoms with Crippen molar-refractivity contribution in [2.24, 2.45) is 0 Å². The van der Waals surface area contributed by atoms with E-state index in [9.17, 15) is 5.11 Å². The van der Waals surface area contributed by atoms with E-state index in [4.69, 9.17) is 18.9 Å². The summed E-state index contributed by atoms with van der Waals surface area (Å²) < 4.78 is 22.4. The van der Waals surface area contributed by atoms with Crippen LogP contribution >= 0.6 is 0 Å². The Morgan fingerprint density at radius 3 is 1.02 bits per heavy atom. The Morgan fingerprint density at radius 2 is 0.660 bits per heavy atom. The molecule has 0 amide bonds. The van der Waals surface area contributed by atoms with E-state index < -0.39 is 0 Å². The van der Waals surface area contributed by atoms with E-state index in [2.05, 4.69) is 62.5 Å². The first-order chi connectivity index (χ1) is 24.8. The van der Waals surface area contributed by atoms with Gasteiger partial charge in [-0.05, 0) is 103 Å². The fourth-order valence-electron chi connectivity index (χ4n) is 5.72. The minimum atomic E-state index is -0.291. The van der Waals surface area contributed by atoms with Gasteiger partial charge in [0.25, 0.3) is 0 Å². The van der Waals surface area contributed by atoms with Crippen LogP contribution < -0.4 is 0 Å². The van der Waals surface area contributed by atoms with Crippen molar-refractivity contribution in [3.8, 4) is 0 Å². The average Bonchev–Trinajstić information content (AvgIpc) is 3.12. The molecule has 294 valence electrons. The normalized spacial score (nSPS) is 12.4. The van der Waals surface area contributed by atoms with E-state index >= 15 is 0 Å². The van der Waals surface area contributed by atoms with E-state index in [1.165, 1.54) is 128 Å². The van der Waals surface area contributed by atoms with E-state index in [0.717, 1.165) is 64.6 Å². The van der Waals surface area contributed by atoms with Gasteiger partial charge in [0, 0.05) is 26.4 Å². The molecule has 0 aromatic carbocycles. The van der Waals surface area contributed by atoms with Crippen molar-refractivity contribution >= 4 is 0 Å². The van der Waals surface area contributed by atoms with Crippen LogP contribution in [0.4, 0.5) is 0 Å². The third-order valence-corrected chi connectivity index (χ3v) is 8.96. The molecule has 0 aliphatic rings. The SMILES string of the molecule is CCCCC/C=C\C/C=C\CCCCCCCCOCOCCCC(O)CCCOCOCCCCCCCC/C=C\C/C=C\CCCCC. The summed E-state index contributed by atoms with van der Waals surface area (Å²) in [7, 11) is 0. The summed E-state index contributed by atoms with van der Waals surface area (Å²) in [5.41, 5.74) is 0. The van der Waals surface area contributed by atoms with Gasteiger partial charge in [0.2, 0.25) is 0 Å². The molecule has 0 unspecified atom stereocenters. The van der Waals surface area contributed by atoms with Crippen LogP contribution in [0, 0.1) is 0 Å². The lowest BCUT2D eigenvalue weighted by Gasteiger charge is -2.11. The zero-order chi connectivity index (χ0) is 36.1. The number of hydrogen-bond donors (Lipinski definition) is 1. The van der Waals surface area contributed by atoms with Gasteiger partial charge < -0.3 is 24.1 Å². The quantitative estimate of drug-likeness (QED) is 0.0389. The number of aliphatic hydroxyl groups is 1. The van der Waals surface area contributed by atoms with Gasteiger partial charge in [-0.3, -0.25) is 0 Å². The Labute approximate surface area is 311 Å². The molecule has 0 bridgehead atoms. The standard InChI is InChI=1S/C45H84O5/c1-3-5-7-9-11-13-15-17-19-21-23-25-27-29-31-33-39-47-43-49-41-35-37-45(46)38-36-42-50-44-48-40-34-32-30-28-26-24-22-20-18-16-14-12-10-8-6-4-2/h11-14,17-20,45-46H,3-10,15-16,21-44H2,1-2H3/b13-11-,14-12-,19-17-,20-18-. The van der Waals surface area contributed by atoms with E-state index in [1.54, 1.807) is 0 Å². The monoisotopic (exact) mass is 705 g/mol. The molecule has 0 atom stereocenters. The predicted molar refractivity (Wildman–Crippen MR) is 217 cm³/mol. The lowest BCUT2D eigenvalue weighted by Crippen LogP contribution is -2.11. The minimum Gasteiger partial charge on any atom is -0.393 e. The maximum absolute atomic E-state index is 10.2. The van der Waals surface area contributed by atoms with Gasteiger partial charge >= 0.3 is 0 Å². The predicted octanol–water partition coefficient (Wildman–Crippen LogP) is 13.5. The molecule has 0 heterocycles. The lowest BCUT2D eigenvalue weighted by molar-refractivity contribution is -0.0598. The second kappa shape index (κ2) is 45.8. The zero-order valence-electron chi connectivity index (χ0n) is 33.3. The molecule has 0 fully saturated rings. The summed E-state index contributed by atoms with van der Waals surface area (Å²) in [4.78, 5) is 0. The van der Waals surface area contributed by atoms with Crippen molar-refractivity contribution in [3.63, 3.8) is 0 Å². The number of rotatable bonds is 42. The zero-order valence-corrected chi connectivity index (χ0v) is 33.3. The van der Waals surface area contributed by atoms with Crippen molar-refractivity contribution in [3.05, 3.63) is 48.6 Å². The molecular formula is C45H84O5. The molecule has 0 aromatic heterocycles. The summed E-state index contributed by atoms with van der Waals surface area (Å²) in [6.45, 7) is 8.06. The molecule has 0 aliphatic heterocycles. The highest BCUT2D eigenvalue weighted by molar-refractivity contribution is 4.93. The number of hydrogen-bond acceptors (Lipinski definition) is 5. The molecular weight excluding hydrogens is 620 g/mol. The topological polar surface area (TPSA) is 57.2 Å². The first-order valence-electron chi connectivity index (χ1n) is 21.4. The van der Waals surface area contributed by atoms with Crippen molar-refractivity contribution in [1.29, 1.82) is 0 Å². The highest BCUT2D eigenvalue weighted by Gasteiger charge is 2.04. The lowest BCUT2D eigenvalue weighted by atomic mass is 10.1. The summed E-state index contributed by atoms with van der Waals surface area (Å²) >= 11 is 0. The molecule has 0 saturated heterocycles. The van der Waals surface area contributed by atoms with Gasteiger partial charge in [-0.25, -0.2) is 0 Å². The Kier molecular flexibility index (Phi) is 44.6. The Morgan fingerprint density at radius 1 is 0.360 bits per heavy atom. The van der Waals surface area contributed by atoms with Crippen LogP contribution in [0.25, 0.3) is 0 Å². The Balaban J connectivity index is 3.22. The number of aliphatic hydroxyl groups excluding tert-OH is 1. The fraction of sp³-hybridized carbons (Fsp3) is 0.822. The van der Waals surface area contributed by atoms with Crippen molar-refractivity contribution < 1.29 is 24.1 Å². The van der Waals surface area contributed by atoms with Gasteiger partial charge in [-0.2, -0.15) is 0 Å². The highest BCUT2D eigenvalue weighted by atomic mass is 16.7. The molecule has 0 spiro atoms. The van der Waals surface area contributed by atoms with E-state index in [0.29, 0.717) is 26.8 Å². The Bertz CT molecular complexity index is 671. The van der Waals surface area contributed by atoms with Gasteiger partial charge in [0.1, 0.15) is 13.6 Å². The molecule has 0 aliphatic carbocycles. The van der Waals surface area contributed by atoms with Crippen LogP contribution in [-0.4, -0.2) is 51.2 Å². The first kappa shape index (κ1) is 48.8. The van der Waals surface area contributed by atoms with Crippen LogP contribution in [0.15, 0.2) is 48.6 Å². The number of unbranched alkanes of at least 4 members (excludes halogenated alkanes) is 18. The van der Waals surface area contributed by atoms with Gasteiger partial charge in [0.05, 0.1) is 6.10 Å². The molecule has 1 N–H and O–H groups in total. The van der Waals surface area contributed by atoms with Crippen molar-refractivity contribution in [2.75, 3.05) is 40.0 Å². The van der Waals surface area contributed by atoms with Gasteiger partial charge in [0.15, 0.2) is 0 Å². The van der Waals surface area contributed by atoms with Gasteiger partial charge in [-0.15, -0.1) is 0 Å². The van der Waals surface area contributed by atoms with E-state index in [1.807, 2.05) is 0 Å². The van der Waals surface area contributed by atoms with Gasteiger partial charge in [-0.1, -0.05) is 140 Å². The maximum Gasteiger partial charge on any atom is 0.146 e. The molecule has 5 nitrogen and oxygen atoms in total. The molecule has 0 aromatic rings. The molecule has 0 saturated carbocycles. The van der Waals surface area contributed by atoms with Crippen LogP contribution in [0.2, 0.25) is 0 Å². The fourth-order valence-corrected chi connectivity index (χ4v) is 5.72. The second-order valence-corrected chi connectivity index (χ2v) is 14.0. The molecule has 5 heteroatoms. The average molecular weight is 705 g/mol. The largest absolute Gasteiger partial charge is 0.393 e. The molecule has 0 radical (unpaired) electrons.